The maximum absolute atomic E-state index is 12.7. The van der Waals surface area contributed by atoms with Gasteiger partial charge in [0, 0.05) is 25.1 Å². The van der Waals surface area contributed by atoms with Crippen LogP contribution in [-0.4, -0.2) is 42.6 Å². The van der Waals surface area contributed by atoms with E-state index in [1.54, 1.807) is 0 Å². The number of ether oxygens (including phenoxy) is 3. The van der Waals surface area contributed by atoms with Gasteiger partial charge in [-0.1, -0.05) is 30.2 Å². The maximum Gasteiger partial charge on any atom is 0.325 e. The van der Waals surface area contributed by atoms with Crippen LogP contribution in [0, 0.1) is 19.8 Å². The molecule has 8 nitrogen and oxygen atoms in total. The molecule has 182 valence electrons. The number of methoxy groups -OCH3 is 1. The van der Waals surface area contributed by atoms with Gasteiger partial charge >= 0.3 is 11.9 Å². The standard InChI is InChI=1S/C26H32N2O6/c1-15-9-10-20(16(2)13-15)23(19-7-6-8-19)17(3)33-22(30)14-28-26(31)24-25(34-18(4)29)21(32-5)11-12-27-24/h9-13,17,19,23H,6-8,14H2,1-5H3,(H,28,31). The molecule has 2 atom stereocenters. The van der Waals surface area contributed by atoms with Gasteiger partial charge in [-0.3, -0.25) is 14.4 Å². The maximum atomic E-state index is 12.7. The molecule has 0 spiro atoms. The fraction of sp³-hybridized carbons (Fsp3) is 0.462. The number of carbonyl (C=O) groups is 3. The van der Waals surface area contributed by atoms with Crippen molar-refractivity contribution in [3.05, 3.63) is 52.8 Å². The van der Waals surface area contributed by atoms with Crippen LogP contribution in [0.1, 0.15) is 66.2 Å². The smallest absolute Gasteiger partial charge is 0.325 e. The molecule has 2 unspecified atom stereocenters. The molecule has 2 aromatic rings. The summed E-state index contributed by atoms with van der Waals surface area (Å²) in [6.07, 6.45) is 4.41. The Hall–Kier alpha value is -3.42. The number of nitrogens with zero attached hydrogens (tertiary/aromatic N) is 1. The molecule has 1 heterocycles. The number of esters is 2. The third-order valence-corrected chi connectivity index (χ3v) is 6.21. The summed E-state index contributed by atoms with van der Waals surface area (Å²) >= 11 is 0. The van der Waals surface area contributed by atoms with Gasteiger partial charge in [0.1, 0.15) is 12.6 Å². The van der Waals surface area contributed by atoms with Crippen molar-refractivity contribution in [2.45, 2.75) is 59.0 Å². The molecule has 1 amide bonds. The number of hydrogen-bond acceptors (Lipinski definition) is 7. The van der Waals surface area contributed by atoms with Crippen LogP contribution in [0.15, 0.2) is 30.5 Å². The average Bonchev–Trinajstić information content (AvgIpc) is 2.74. The Bertz CT molecular complexity index is 1060. The number of benzene rings is 1. The van der Waals surface area contributed by atoms with E-state index in [1.165, 1.54) is 49.4 Å². The Labute approximate surface area is 200 Å². The molecule has 34 heavy (non-hydrogen) atoms. The Morgan fingerprint density at radius 1 is 1.18 bits per heavy atom. The molecule has 1 saturated carbocycles. The van der Waals surface area contributed by atoms with Crippen molar-refractivity contribution in [2.75, 3.05) is 13.7 Å². The van der Waals surface area contributed by atoms with Crippen LogP contribution in [-0.2, 0) is 14.3 Å². The lowest BCUT2D eigenvalue weighted by atomic mass is 9.70. The molecular weight excluding hydrogens is 436 g/mol. The minimum Gasteiger partial charge on any atom is -0.493 e. The van der Waals surface area contributed by atoms with Crippen molar-refractivity contribution in [3.63, 3.8) is 0 Å². The van der Waals surface area contributed by atoms with E-state index in [4.69, 9.17) is 14.2 Å². The number of nitrogens with one attached hydrogen (secondary N) is 1. The fourth-order valence-electron chi connectivity index (χ4n) is 4.44. The van der Waals surface area contributed by atoms with Gasteiger partial charge in [0.15, 0.2) is 11.4 Å². The van der Waals surface area contributed by atoms with Crippen molar-refractivity contribution in [2.24, 2.45) is 5.92 Å². The summed E-state index contributed by atoms with van der Waals surface area (Å²) in [7, 11) is 1.39. The zero-order valence-electron chi connectivity index (χ0n) is 20.3. The first-order valence-corrected chi connectivity index (χ1v) is 11.5. The Kier molecular flexibility index (Phi) is 8.26. The first kappa shape index (κ1) is 25.2. The summed E-state index contributed by atoms with van der Waals surface area (Å²) in [4.78, 5) is 40.7. The number of carbonyl (C=O) groups excluding carboxylic acids is 3. The van der Waals surface area contributed by atoms with Crippen LogP contribution in [0.3, 0.4) is 0 Å². The monoisotopic (exact) mass is 468 g/mol. The lowest BCUT2D eigenvalue weighted by molar-refractivity contribution is -0.149. The van der Waals surface area contributed by atoms with Crippen molar-refractivity contribution in [3.8, 4) is 11.5 Å². The van der Waals surface area contributed by atoms with Gasteiger partial charge in [0.05, 0.1) is 7.11 Å². The summed E-state index contributed by atoms with van der Waals surface area (Å²) < 4.78 is 16.0. The van der Waals surface area contributed by atoms with Gasteiger partial charge in [0.25, 0.3) is 5.91 Å². The molecule has 1 aliphatic carbocycles. The number of amides is 1. The largest absolute Gasteiger partial charge is 0.493 e. The quantitative estimate of drug-likeness (QED) is 0.557. The average molecular weight is 469 g/mol. The molecule has 1 aliphatic rings. The van der Waals surface area contributed by atoms with E-state index in [1.807, 2.05) is 6.92 Å². The summed E-state index contributed by atoms with van der Waals surface area (Å²) in [5.74, 6) is -1.20. The van der Waals surface area contributed by atoms with Crippen molar-refractivity contribution < 1.29 is 28.6 Å². The van der Waals surface area contributed by atoms with E-state index >= 15 is 0 Å². The molecule has 0 radical (unpaired) electrons. The predicted octanol–water partition coefficient (Wildman–Crippen LogP) is 3.88. The summed E-state index contributed by atoms with van der Waals surface area (Å²) in [5.41, 5.74) is 3.43. The minimum absolute atomic E-state index is 0.100. The van der Waals surface area contributed by atoms with Crippen molar-refractivity contribution >= 4 is 17.8 Å². The second-order valence-corrected chi connectivity index (χ2v) is 8.74. The highest BCUT2D eigenvalue weighted by molar-refractivity contribution is 5.98. The van der Waals surface area contributed by atoms with Gasteiger partial charge in [0.2, 0.25) is 5.75 Å². The Balaban J connectivity index is 1.67. The normalized spacial score (nSPS) is 15.0. The fourth-order valence-corrected chi connectivity index (χ4v) is 4.44. The van der Waals surface area contributed by atoms with E-state index in [9.17, 15) is 14.4 Å². The molecule has 3 rings (SSSR count). The molecular formula is C26H32N2O6. The van der Waals surface area contributed by atoms with E-state index < -0.39 is 17.8 Å². The zero-order valence-corrected chi connectivity index (χ0v) is 20.3. The van der Waals surface area contributed by atoms with Crippen LogP contribution in [0.25, 0.3) is 0 Å². The third-order valence-electron chi connectivity index (χ3n) is 6.21. The van der Waals surface area contributed by atoms with Crippen LogP contribution >= 0.6 is 0 Å². The van der Waals surface area contributed by atoms with E-state index in [-0.39, 0.29) is 35.8 Å². The number of aryl methyl sites for hydroxylation is 2. The van der Waals surface area contributed by atoms with Gasteiger partial charge in [-0.25, -0.2) is 4.98 Å². The summed E-state index contributed by atoms with van der Waals surface area (Å²) in [6, 6.07) is 7.84. The second-order valence-electron chi connectivity index (χ2n) is 8.74. The van der Waals surface area contributed by atoms with Gasteiger partial charge in [-0.15, -0.1) is 0 Å². The number of rotatable bonds is 9. The highest BCUT2D eigenvalue weighted by atomic mass is 16.6. The number of pyridine rings is 1. The van der Waals surface area contributed by atoms with Crippen molar-refractivity contribution in [1.29, 1.82) is 0 Å². The third kappa shape index (κ3) is 5.92. The predicted molar refractivity (Wildman–Crippen MR) is 126 cm³/mol. The molecule has 1 fully saturated rings. The van der Waals surface area contributed by atoms with Gasteiger partial charge in [-0.2, -0.15) is 0 Å². The van der Waals surface area contributed by atoms with E-state index in [0.717, 1.165) is 12.8 Å². The van der Waals surface area contributed by atoms with E-state index in [0.29, 0.717) is 5.92 Å². The molecule has 0 bridgehead atoms. The molecule has 1 N–H and O–H groups in total. The first-order valence-electron chi connectivity index (χ1n) is 11.5. The first-order chi connectivity index (χ1) is 16.2. The molecule has 0 aliphatic heterocycles. The molecule has 1 aromatic heterocycles. The summed E-state index contributed by atoms with van der Waals surface area (Å²) in [5, 5.41) is 2.50. The summed E-state index contributed by atoms with van der Waals surface area (Å²) in [6.45, 7) is 6.92. The second kappa shape index (κ2) is 11.1. The Morgan fingerprint density at radius 3 is 2.50 bits per heavy atom. The molecule has 0 saturated heterocycles. The zero-order chi connectivity index (χ0) is 24.8. The number of hydrogen-bond donors (Lipinski definition) is 1. The topological polar surface area (TPSA) is 104 Å². The molecule has 1 aromatic carbocycles. The van der Waals surface area contributed by atoms with Crippen LogP contribution in [0.5, 0.6) is 11.5 Å². The van der Waals surface area contributed by atoms with Crippen molar-refractivity contribution in [1.82, 2.24) is 10.3 Å². The highest BCUT2D eigenvalue weighted by Crippen LogP contribution is 2.43. The van der Waals surface area contributed by atoms with Crippen LogP contribution < -0.4 is 14.8 Å². The van der Waals surface area contributed by atoms with E-state index in [2.05, 4.69) is 42.3 Å². The Morgan fingerprint density at radius 2 is 1.91 bits per heavy atom. The lowest BCUT2D eigenvalue weighted by Gasteiger charge is -2.38. The highest BCUT2D eigenvalue weighted by Gasteiger charge is 2.35. The number of aromatic nitrogens is 1. The van der Waals surface area contributed by atoms with Crippen LogP contribution in [0.2, 0.25) is 0 Å². The lowest BCUT2D eigenvalue weighted by Crippen LogP contribution is -2.36. The van der Waals surface area contributed by atoms with Gasteiger partial charge < -0.3 is 19.5 Å². The molecule has 8 heteroatoms. The SMILES string of the molecule is COc1ccnc(C(=O)NCC(=O)OC(C)C(c2ccc(C)cc2C)C2CCC2)c1OC(C)=O. The van der Waals surface area contributed by atoms with Gasteiger partial charge in [-0.05, 0) is 50.7 Å². The minimum atomic E-state index is -0.676. The van der Waals surface area contributed by atoms with Crippen LogP contribution in [0.4, 0.5) is 0 Å².